The van der Waals surface area contributed by atoms with Crippen LogP contribution in [0.25, 0.3) is 0 Å². The predicted molar refractivity (Wildman–Crippen MR) is 111 cm³/mol. The van der Waals surface area contributed by atoms with Crippen molar-refractivity contribution in [2.45, 2.75) is 82.7 Å². The fourth-order valence-corrected chi connectivity index (χ4v) is 12.3. The summed E-state index contributed by atoms with van der Waals surface area (Å²) in [5.41, 5.74) is 0.786. The molecule has 2 heterocycles. The van der Waals surface area contributed by atoms with Crippen LogP contribution in [0.5, 0.6) is 0 Å². The van der Waals surface area contributed by atoms with Crippen LogP contribution in [0.15, 0.2) is 12.3 Å². The first kappa shape index (κ1) is 23.5. The van der Waals surface area contributed by atoms with Crippen molar-refractivity contribution >= 4 is 23.8 Å². The topological polar surface area (TPSA) is 98.3 Å². The highest BCUT2D eigenvalue weighted by molar-refractivity contribution is 6.76. The molecule has 0 aliphatic carbocycles. The van der Waals surface area contributed by atoms with Crippen LogP contribution >= 0.6 is 0 Å². The van der Waals surface area contributed by atoms with Crippen molar-refractivity contribution in [3.8, 4) is 0 Å². The average molecular weight is 433 g/mol. The number of ether oxygens (including phenoxy) is 1. The maximum Gasteiger partial charge on any atom is 0.334 e. The predicted octanol–water partition coefficient (Wildman–Crippen LogP) is 1.25. The van der Waals surface area contributed by atoms with Gasteiger partial charge in [0.05, 0.1) is 6.61 Å². The summed E-state index contributed by atoms with van der Waals surface area (Å²) in [7, 11) is -3.07. The molecule has 10 heteroatoms. The van der Waals surface area contributed by atoms with Crippen molar-refractivity contribution in [3.05, 3.63) is 12.3 Å². The van der Waals surface area contributed by atoms with E-state index in [9.17, 15) is 9.90 Å². The molecule has 3 N–H and O–H groups in total. The van der Waals surface area contributed by atoms with Gasteiger partial charge in [-0.2, -0.15) is 0 Å². The van der Waals surface area contributed by atoms with Crippen molar-refractivity contribution < 1.29 is 27.6 Å². The van der Waals surface area contributed by atoms with E-state index >= 15 is 0 Å². The minimum Gasteiger partial charge on any atom is -0.416 e. The van der Waals surface area contributed by atoms with E-state index in [0.717, 1.165) is 0 Å². The zero-order valence-corrected chi connectivity index (χ0v) is 20.1. The van der Waals surface area contributed by atoms with E-state index in [1.807, 2.05) is 0 Å². The summed E-state index contributed by atoms with van der Waals surface area (Å²) in [5, 5.41) is 16.2. The molecule has 0 aromatic rings. The normalized spacial score (nSPS) is 33.2. The highest BCUT2D eigenvalue weighted by atomic mass is 28.4. The lowest BCUT2D eigenvalue weighted by Gasteiger charge is -2.44. The van der Waals surface area contributed by atoms with Gasteiger partial charge >= 0.3 is 17.8 Å². The molecule has 0 aromatic heterocycles. The molecule has 2 rings (SSSR count). The van der Waals surface area contributed by atoms with Gasteiger partial charge in [-0.25, -0.2) is 0 Å². The zero-order valence-electron chi connectivity index (χ0n) is 18.0. The summed E-state index contributed by atoms with van der Waals surface area (Å²) in [6.45, 7) is 13.1. The van der Waals surface area contributed by atoms with Gasteiger partial charge in [0.15, 0.2) is 6.23 Å². The Kier molecular flexibility index (Phi) is 8.26. The number of carbonyl (C=O) groups excluding carboxylic acids is 1. The van der Waals surface area contributed by atoms with Crippen LogP contribution in [0.4, 0.5) is 0 Å². The molecule has 162 valence electrons. The maximum atomic E-state index is 11.3. The van der Waals surface area contributed by atoms with Gasteiger partial charge < -0.3 is 33.4 Å². The summed E-state index contributed by atoms with van der Waals surface area (Å²) in [4.78, 5) is 11.3. The summed E-state index contributed by atoms with van der Waals surface area (Å²) in [5.74, 6) is -0.240. The molecule has 0 bridgehead atoms. The molecule has 2 aliphatic rings. The quantitative estimate of drug-likeness (QED) is 0.429. The minimum atomic E-state index is -2.51. The number of fused-ring (bicyclic) bond motifs is 1. The van der Waals surface area contributed by atoms with E-state index in [1.165, 1.54) is 12.3 Å². The molecule has 2 fully saturated rings. The van der Waals surface area contributed by atoms with Crippen LogP contribution in [-0.2, 0) is 22.5 Å². The monoisotopic (exact) mass is 432 g/mol. The van der Waals surface area contributed by atoms with E-state index in [1.54, 1.807) is 7.05 Å². The highest BCUT2D eigenvalue weighted by Crippen LogP contribution is 2.39. The first-order valence-electron chi connectivity index (χ1n) is 10.1. The van der Waals surface area contributed by atoms with Crippen LogP contribution in [0.2, 0.25) is 16.6 Å². The summed E-state index contributed by atoms with van der Waals surface area (Å²) < 4.78 is 25.5. The molecule has 0 spiro atoms. The van der Waals surface area contributed by atoms with Crippen LogP contribution in [0.3, 0.4) is 0 Å². The van der Waals surface area contributed by atoms with Crippen molar-refractivity contribution in [2.75, 3.05) is 13.7 Å². The average Bonchev–Trinajstić information content (AvgIpc) is 2.89. The first-order valence-corrected chi connectivity index (χ1v) is 13.7. The number of aliphatic hydroxyl groups excluding tert-OH is 1. The molecule has 0 radical (unpaired) electrons. The fourth-order valence-electron chi connectivity index (χ4n) is 3.66. The van der Waals surface area contributed by atoms with Gasteiger partial charge in [-0.1, -0.05) is 41.5 Å². The van der Waals surface area contributed by atoms with Crippen molar-refractivity contribution in [1.29, 1.82) is 0 Å². The van der Waals surface area contributed by atoms with Gasteiger partial charge in [0, 0.05) is 19.3 Å². The Bertz CT molecular complexity index is 552. The number of nitrogens with one attached hydrogen (secondary N) is 2. The Labute approximate surface area is 171 Å². The molecule has 5 atom stereocenters. The van der Waals surface area contributed by atoms with E-state index in [-0.39, 0.29) is 28.6 Å². The molecule has 8 nitrogen and oxygen atoms in total. The van der Waals surface area contributed by atoms with Gasteiger partial charge in [0.2, 0.25) is 5.91 Å². The van der Waals surface area contributed by atoms with Crippen molar-refractivity contribution in [2.24, 2.45) is 0 Å². The number of amides is 1. The van der Waals surface area contributed by atoms with E-state index in [2.05, 4.69) is 52.2 Å². The van der Waals surface area contributed by atoms with Gasteiger partial charge in [-0.05, 0) is 16.6 Å². The number of likely N-dealkylation sites (N-methyl/N-ethyl adjacent to an activating group) is 1. The van der Waals surface area contributed by atoms with E-state index in [4.69, 9.17) is 17.7 Å². The molecule has 0 saturated carbocycles. The first-order chi connectivity index (χ1) is 13.1. The maximum absolute atomic E-state index is 11.3. The SMILES string of the molecule is CNC(=O)/C=C\N[C@@H]1O[C@@H]2CO[Si](C(C)C)(C(C)C)O[SiH](C(C)C)O[C@H]2[C@H]1O. The Hall–Kier alpha value is -0.756. The molecule has 2 saturated heterocycles. The number of rotatable bonds is 6. The Balaban J connectivity index is 2.20. The largest absolute Gasteiger partial charge is 0.416 e. The molecule has 1 amide bonds. The van der Waals surface area contributed by atoms with Crippen LogP contribution in [0, 0.1) is 0 Å². The second kappa shape index (κ2) is 9.83. The summed E-state index contributed by atoms with van der Waals surface area (Å²) in [6, 6.07) is 0. The molecular weight excluding hydrogens is 396 g/mol. The number of aliphatic hydroxyl groups is 1. The third-order valence-corrected chi connectivity index (χ3v) is 13.2. The third kappa shape index (κ3) is 5.04. The summed E-state index contributed by atoms with van der Waals surface area (Å²) in [6.07, 6.45) is 0.361. The number of hydrogen-bond donors (Lipinski definition) is 3. The minimum absolute atomic E-state index is 0.235. The third-order valence-electron chi connectivity index (χ3n) is 5.29. The van der Waals surface area contributed by atoms with Crippen LogP contribution in [-0.4, -0.2) is 67.1 Å². The second-order valence-electron chi connectivity index (χ2n) is 8.37. The lowest BCUT2D eigenvalue weighted by atomic mass is 10.1. The lowest BCUT2D eigenvalue weighted by Crippen LogP contribution is -2.58. The molecule has 1 unspecified atom stereocenters. The van der Waals surface area contributed by atoms with Gasteiger partial charge in [-0.3, -0.25) is 4.79 Å². The summed E-state index contributed by atoms with van der Waals surface area (Å²) >= 11 is 0. The lowest BCUT2D eigenvalue weighted by molar-refractivity contribution is -0.116. The molecular formula is C18H36N2O6Si2. The second-order valence-corrected chi connectivity index (χ2v) is 15.7. The van der Waals surface area contributed by atoms with Crippen LogP contribution in [0.1, 0.15) is 41.5 Å². The standard InChI is InChI=1S/C18H36N2O6Si2/c1-11(2)27-25-17-14(10-23-28(26-27,12(3)4)13(5)6)24-18(16(17)22)20-9-8-15(21)19-7/h8-9,11-14,16-18,20,22,27H,10H2,1-7H3,(H,19,21)/b9-8-/t14-,16-,17-,18-,27?/m1/s1. The van der Waals surface area contributed by atoms with Gasteiger partial charge in [0.25, 0.3) is 0 Å². The van der Waals surface area contributed by atoms with Gasteiger partial charge in [-0.15, -0.1) is 0 Å². The molecule has 0 aromatic carbocycles. The van der Waals surface area contributed by atoms with Gasteiger partial charge in [0.1, 0.15) is 18.3 Å². The van der Waals surface area contributed by atoms with Crippen molar-refractivity contribution in [1.82, 2.24) is 10.6 Å². The Morgan fingerprint density at radius 3 is 2.39 bits per heavy atom. The number of hydrogen-bond acceptors (Lipinski definition) is 7. The van der Waals surface area contributed by atoms with Crippen LogP contribution < -0.4 is 10.6 Å². The van der Waals surface area contributed by atoms with E-state index < -0.39 is 36.3 Å². The number of carbonyl (C=O) groups is 1. The zero-order chi connectivity index (χ0) is 21.1. The van der Waals surface area contributed by atoms with E-state index in [0.29, 0.717) is 6.61 Å². The fraction of sp³-hybridized carbons (Fsp3) is 0.833. The molecule has 28 heavy (non-hydrogen) atoms. The Morgan fingerprint density at radius 1 is 1.21 bits per heavy atom. The van der Waals surface area contributed by atoms with Crippen molar-refractivity contribution in [3.63, 3.8) is 0 Å². The highest BCUT2D eigenvalue weighted by Gasteiger charge is 2.54. The smallest absolute Gasteiger partial charge is 0.334 e. The molecule has 2 aliphatic heterocycles. The Morgan fingerprint density at radius 2 is 1.86 bits per heavy atom.